The minimum atomic E-state index is -0.416. The molecule has 0 saturated heterocycles. The minimum Gasteiger partial charge on any atom is -0.460 e. The molecule has 0 N–H and O–H groups in total. The summed E-state index contributed by atoms with van der Waals surface area (Å²) in [6, 6.07) is 0. The highest BCUT2D eigenvalue weighted by atomic mass is 32.2. The highest BCUT2D eigenvalue weighted by Crippen LogP contribution is 2.35. The highest BCUT2D eigenvalue weighted by Gasteiger charge is 2.23. The lowest BCUT2D eigenvalue weighted by Crippen LogP contribution is -2.23. The van der Waals surface area contributed by atoms with Gasteiger partial charge in [0, 0.05) is 21.7 Å². The van der Waals surface area contributed by atoms with Crippen molar-refractivity contribution in [3.63, 3.8) is 0 Å². The molecule has 1 aromatic heterocycles. The van der Waals surface area contributed by atoms with Crippen LogP contribution >= 0.6 is 23.1 Å². The Morgan fingerprint density at radius 2 is 1.74 bits per heavy atom. The quantitative estimate of drug-likeness (QED) is 0.275. The van der Waals surface area contributed by atoms with Gasteiger partial charge in [0.1, 0.15) is 5.60 Å². The molecule has 0 radical (unpaired) electrons. The SMILES string of the molecule is CCCC(CCCC(=O)OC(C)(C)C)Cc1sc(CCCC(C)C)c(C(=O)SC)c1C. The smallest absolute Gasteiger partial charge is 0.306 e. The van der Waals surface area contributed by atoms with Crippen LogP contribution in [0.4, 0.5) is 0 Å². The first-order valence-corrected chi connectivity index (χ1v) is 13.9. The Bertz CT molecular complexity index is 698. The zero-order valence-corrected chi connectivity index (χ0v) is 22.7. The van der Waals surface area contributed by atoms with E-state index in [2.05, 4.69) is 27.7 Å². The Balaban J connectivity index is 2.85. The van der Waals surface area contributed by atoms with Crippen molar-refractivity contribution in [2.45, 2.75) is 112 Å². The average Bonchev–Trinajstić information content (AvgIpc) is 2.94. The molecule has 0 saturated carbocycles. The topological polar surface area (TPSA) is 43.4 Å². The van der Waals surface area contributed by atoms with Crippen molar-refractivity contribution >= 4 is 34.2 Å². The first-order chi connectivity index (χ1) is 14.5. The number of hydrogen-bond donors (Lipinski definition) is 0. The molecule has 0 fully saturated rings. The molecule has 0 aromatic carbocycles. The lowest BCUT2D eigenvalue weighted by molar-refractivity contribution is -0.154. The molecule has 3 nitrogen and oxygen atoms in total. The van der Waals surface area contributed by atoms with E-state index in [1.54, 1.807) is 0 Å². The van der Waals surface area contributed by atoms with E-state index in [9.17, 15) is 9.59 Å². The molecule has 1 heterocycles. The molecular weight excluding hydrogens is 424 g/mol. The summed E-state index contributed by atoms with van der Waals surface area (Å²) in [5.41, 5.74) is 1.75. The molecule has 0 spiro atoms. The van der Waals surface area contributed by atoms with Gasteiger partial charge in [-0.2, -0.15) is 0 Å². The number of ether oxygens (including phenoxy) is 1. The number of aryl methyl sites for hydroxylation is 1. The molecular formula is C26H44O3S2. The van der Waals surface area contributed by atoms with Crippen LogP contribution in [0.15, 0.2) is 0 Å². The molecule has 1 rings (SSSR count). The zero-order valence-electron chi connectivity index (χ0n) is 21.1. The van der Waals surface area contributed by atoms with Crippen LogP contribution in [0, 0.1) is 18.8 Å². The predicted octanol–water partition coefficient (Wildman–Crippen LogP) is 8.01. The van der Waals surface area contributed by atoms with Gasteiger partial charge in [-0.1, -0.05) is 51.8 Å². The third kappa shape index (κ3) is 10.6. The number of thioether (sulfide) groups is 1. The third-order valence-corrected chi connectivity index (χ3v) is 7.43. The van der Waals surface area contributed by atoms with Crippen LogP contribution in [-0.2, 0) is 22.4 Å². The summed E-state index contributed by atoms with van der Waals surface area (Å²) in [7, 11) is 0. The Morgan fingerprint density at radius 1 is 1.06 bits per heavy atom. The summed E-state index contributed by atoms with van der Waals surface area (Å²) in [6.07, 6.45) is 10.9. The summed E-state index contributed by atoms with van der Waals surface area (Å²) in [6.45, 7) is 14.6. The number of carbonyl (C=O) groups is 2. The molecule has 0 amide bonds. The summed E-state index contributed by atoms with van der Waals surface area (Å²) in [4.78, 5) is 27.4. The molecule has 178 valence electrons. The largest absolute Gasteiger partial charge is 0.460 e. The van der Waals surface area contributed by atoms with Gasteiger partial charge in [0.2, 0.25) is 5.12 Å². The Morgan fingerprint density at radius 3 is 2.29 bits per heavy atom. The Kier molecular flexibility index (Phi) is 12.4. The highest BCUT2D eigenvalue weighted by molar-refractivity contribution is 8.13. The van der Waals surface area contributed by atoms with Crippen molar-refractivity contribution in [3.05, 3.63) is 20.9 Å². The van der Waals surface area contributed by atoms with Crippen LogP contribution in [0.2, 0.25) is 0 Å². The first kappa shape index (κ1) is 28.2. The van der Waals surface area contributed by atoms with E-state index in [0.29, 0.717) is 18.3 Å². The van der Waals surface area contributed by atoms with Gasteiger partial charge in [0.05, 0.1) is 0 Å². The summed E-state index contributed by atoms with van der Waals surface area (Å²) in [5.74, 6) is 1.14. The molecule has 0 bridgehead atoms. The van der Waals surface area contributed by atoms with Crippen molar-refractivity contribution in [1.29, 1.82) is 0 Å². The van der Waals surface area contributed by atoms with Gasteiger partial charge in [-0.25, -0.2) is 0 Å². The molecule has 31 heavy (non-hydrogen) atoms. The number of hydrogen-bond acceptors (Lipinski definition) is 5. The second-order valence-corrected chi connectivity index (χ2v) is 12.0. The van der Waals surface area contributed by atoms with Crippen molar-refractivity contribution in [2.75, 3.05) is 6.26 Å². The lowest BCUT2D eigenvalue weighted by Gasteiger charge is -2.20. The van der Waals surface area contributed by atoms with Crippen molar-refractivity contribution in [3.8, 4) is 0 Å². The fraction of sp³-hybridized carbons (Fsp3) is 0.769. The first-order valence-electron chi connectivity index (χ1n) is 11.9. The van der Waals surface area contributed by atoms with Gasteiger partial charge in [-0.05, 0) is 83.5 Å². The van der Waals surface area contributed by atoms with Crippen molar-refractivity contribution < 1.29 is 14.3 Å². The van der Waals surface area contributed by atoms with E-state index in [4.69, 9.17) is 4.74 Å². The molecule has 5 heteroatoms. The van der Waals surface area contributed by atoms with Gasteiger partial charge in [0.15, 0.2) is 0 Å². The molecule has 0 aliphatic rings. The van der Waals surface area contributed by atoms with Gasteiger partial charge in [0.25, 0.3) is 0 Å². The molecule has 0 aliphatic carbocycles. The zero-order chi connectivity index (χ0) is 23.6. The Hall–Kier alpha value is -0.810. The van der Waals surface area contributed by atoms with Crippen LogP contribution in [0.5, 0.6) is 0 Å². The van der Waals surface area contributed by atoms with Crippen LogP contribution in [0.3, 0.4) is 0 Å². The van der Waals surface area contributed by atoms with E-state index in [-0.39, 0.29) is 11.1 Å². The van der Waals surface area contributed by atoms with E-state index in [1.165, 1.54) is 33.5 Å². The lowest BCUT2D eigenvalue weighted by atomic mass is 9.91. The standard InChI is InChI=1S/C26H44O3S2/c1-9-12-20(14-11-16-23(27)29-26(5,6)7)17-22-19(4)24(25(28)30-8)21(31-22)15-10-13-18(2)3/h18,20H,9-17H2,1-8H3. The van der Waals surface area contributed by atoms with Gasteiger partial charge in [-0.15, -0.1) is 11.3 Å². The monoisotopic (exact) mass is 468 g/mol. The second kappa shape index (κ2) is 13.7. The number of carbonyl (C=O) groups excluding carboxylic acids is 2. The van der Waals surface area contributed by atoms with Gasteiger partial charge < -0.3 is 4.74 Å². The van der Waals surface area contributed by atoms with E-state index >= 15 is 0 Å². The van der Waals surface area contributed by atoms with E-state index in [1.807, 2.05) is 38.4 Å². The number of thiophene rings is 1. The van der Waals surface area contributed by atoms with Crippen LogP contribution in [0.1, 0.15) is 112 Å². The maximum atomic E-state index is 12.7. The third-order valence-electron chi connectivity index (χ3n) is 5.48. The van der Waals surface area contributed by atoms with Crippen molar-refractivity contribution in [1.82, 2.24) is 0 Å². The molecule has 1 aromatic rings. The normalized spacial score (nSPS) is 12.9. The molecule has 1 atom stereocenters. The molecule has 0 aliphatic heterocycles. The average molecular weight is 469 g/mol. The van der Waals surface area contributed by atoms with Gasteiger partial charge >= 0.3 is 5.97 Å². The van der Waals surface area contributed by atoms with E-state index in [0.717, 1.165) is 50.5 Å². The number of esters is 1. The fourth-order valence-electron chi connectivity index (χ4n) is 3.98. The van der Waals surface area contributed by atoms with Gasteiger partial charge in [-0.3, -0.25) is 9.59 Å². The minimum absolute atomic E-state index is 0.102. The van der Waals surface area contributed by atoms with E-state index < -0.39 is 5.60 Å². The second-order valence-electron chi connectivity index (χ2n) is 10.1. The Labute approximate surface area is 199 Å². The van der Waals surface area contributed by atoms with Crippen molar-refractivity contribution in [2.24, 2.45) is 11.8 Å². The maximum absolute atomic E-state index is 12.7. The predicted molar refractivity (Wildman–Crippen MR) is 136 cm³/mol. The fourth-order valence-corrected chi connectivity index (χ4v) is 5.99. The van der Waals surface area contributed by atoms with Crippen LogP contribution in [0.25, 0.3) is 0 Å². The molecule has 1 unspecified atom stereocenters. The number of rotatable bonds is 13. The summed E-state index contributed by atoms with van der Waals surface area (Å²) >= 11 is 3.18. The van der Waals surface area contributed by atoms with Crippen LogP contribution in [-0.4, -0.2) is 22.9 Å². The maximum Gasteiger partial charge on any atom is 0.306 e. The summed E-state index contributed by atoms with van der Waals surface area (Å²) < 4.78 is 5.45. The van der Waals surface area contributed by atoms with Crippen LogP contribution < -0.4 is 0 Å². The summed E-state index contributed by atoms with van der Waals surface area (Å²) in [5, 5.41) is 0.205.